The van der Waals surface area contributed by atoms with Gasteiger partial charge in [0.2, 0.25) is 0 Å². The van der Waals surface area contributed by atoms with E-state index in [4.69, 9.17) is 16.3 Å². The van der Waals surface area contributed by atoms with Crippen LogP contribution in [0.5, 0.6) is 5.75 Å². The zero-order valence-corrected chi connectivity index (χ0v) is 9.81. The molecule has 3 nitrogen and oxygen atoms in total. The summed E-state index contributed by atoms with van der Waals surface area (Å²) in [7, 11) is 0. The maximum atomic E-state index is 12.1. The normalized spacial score (nSPS) is 18.8. The number of hydrogen-bond donors (Lipinski definition) is 1. The van der Waals surface area contributed by atoms with Gasteiger partial charge >= 0.3 is 12.1 Å². The van der Waals surface area contributed by atoms with Crippen LogP contribution >= 0.6 is 11.6 Å². The van der Waals surface area contributed by atoms with Crippen LogP contribution in [0.25, 0.3) is 0 Å². The van der Waals surface area contributed by atoms with E-state index in [1.54, 1.807) is 18.2 Å². The molecule has 2 rings (SSSR count). The van der Waals surface area contributed by atoms with Gasteiger partial charge in [-0.15, -0.1) is 0 Å². The third-order valence-electron chi connectivity index (χ3n) is 2.52. The van der Waals surface area contributed by atoms with Crippen molar-refractivity contribution in [1.82, 2.24) is 5.32 Å². The smallest absolute Gasteiger partial charge is 0.471 e. The highest BCUT2D eigenvalue weighted by Gasteiger charge is 2.40. The molecule has 98 valence electrons. The van der Waals surface area contributed by atoms with Crippen LogP contribution in [-0.2, 0) is 11.2 Å². The van der Waals surface area contributed by atoms with Gasteiger partial charge in [-0.1, -0.05) is 11.6 Å². The highest BCUT2D eigenvalue weighted by molar-refractivity contribution is 6.30. The number of rotatable bonds is 1. The summed E-state index contributed by atoms with van der Waals surface area (Å²) >= 11 is 5.78. The number of amides is 1. The summed E-state index contributed by atoms with van der Waals surface area (Å²) in [6.45, 7) is 0.0104. The molecule has 1 aliphatic rings. The van der Waals surface area contributed by atoms with Crippen molar-refractivity contribution in [1.29, 1.82) is 0 Å². The third-order valence-corrected chi connectivity index (χ3v) is 2.76. The molecule has 0 aliphatic carbocycles. The molecule has 0 fully saturated rings. The number of carbonyl (C=O) groups is 1. The molecule has 0 spiro atoms. The SMILES string of the molecule is O=C(NC1COc2ccc(Cl)cc2C1)C(F)(F)F. The lowest BCUT2D eigenvalue weighted by Crippen LogP contribution is -2.47. The van der Waals surface area contributed by atoms with Crippen LogP contribution in [-0.4, -0.2) is 24.7 Å². The number of alkyl halides is 3. The van der Waals surface area contributed by atoms with E-state index in [-0.39, 0.29) is 13.0 Å². The average molecular weight is 280 g/mol. The molecule has 7 heteroatoms. The first-order chi connectivity index (χ1) is 8.36. The minimum absolute atomic E-state index is 0.0104. The third kappa shape index (κ3) is 2.87. The lowest BCUT2D eigenvalue weighted by atomic mass is 10.0. The Bertz CT molecular complexity index is 476. The molecule has 1 aliphatic heterocycles. The van der Waals surface area contributed by atoms with Gasteiger partial charge in [0.25, 0.3) is 0 Å². The van der Waals surface area contributed by atoms with Crippen molar-refractivity contribution >= 4 is 17.5 Å². The van der Waals surface area contributed by atoms with E-state index in [1.165, 1.54) is 0 Å². The Morgan fingerprint density at radius 2 is 2.17 bits per heavy atom. The van der Waals surface area contributed by atoms with Crippen LogP contribution < -0.4 is 10.1 Å². The van der Waals surface area contributed by atoms with Gasteiger partial charge < -0.3 is 10.1 Å². The number of nitrogens with one attached hydrogen (secondary N) is 1. The first-order valence-electron chi connectivity index (χ1n) is 5.15. The Morgan fingerprint density at radius 3 is 2.83 bits per heavy atom. The van der Waals surface area contributed by atoms with Gasteiger partial charge in [0.05, 0.1) is 6.04 Å². The number of halogens is 4. The molecule has 0 saturated carbocycles. The summed E-state index contributed by atoms with van der Waals surface area (Å²) in [5, 5.41) is 2.36. The number of ether oxygens (including phenoxy) is 1. The number of carbonyl (C=O) groups excluding carboxylic acids is 1. The van der Waals surface area contributed by atoms with E-state index in [0.29, 0.717) is 16.3 Å². The molecule has 1 aromatic rings. The fraction of sp³-hybridized carbons (Fsp3) is 0.364. The lowest BCUT2D eigenvalue weighted by molar-refractivity contribution is -0.174. The summed E-state index contributed by atoms with van der Waals surface area (Å²) in [5.41, 5.74) is 0.682. The minimum Gasteiger partial charge on any atom is -0.491 e. The predicted molar refractivity (Wildman–Crippen MR) is 58.6 cm³/mol. The van der Waals surface area contributed by atoms with Crippen molar-refractivity contribution in [2.75, 3.05) is 6.61 Å². The molecule has 1 heterocycles. The van der Waals surface area contributed by atoms with Gasteiger partial charge in [0.15, 0.2) is 0 Å². The van der Waals surface area contributed by atoms with Gasteiger partial charge in [0, 0.05) is 5.02 Å². The van der Waals surface area contributed by atoms with Crippen molar-refractivity contribution < 1.29 is 22.7 Å². The van der Waals surface area contributed by atoms with Crippen LogP contribution in [0.15, 0.2) is 18.2 Å². The van der Waals surface area contributed by atoms with Crippen molar-refractivity contribution in [2.45, 2.75) is 18.6 Å². The van der Waals surface area contributed by atoms with E-state index in [0.717, 1.165) is 0 Å². The first kappa shape index (κ1) is 13.0. The quantitative estimate of drug-likeness (QED) is 0.857. The Hall–Kier alpha value is -1.43. The Kier molecular flexibility index (Phi) is 3.38. The van der Waals surface area contributed by atoms with Crippen LogP contribution in [0.4, 0.5) is 13.2 Å². The molecule has 1 aromatic carbocycles. The Morgan fingerprint density at radius 1 is 1.44 bits per heavy atom. The molecular weight excluding hydrogens is 271 g/mol. The molecule has 1 N–H and O–H groups in total. The van der Waals surface area contributed by atoms with Gasteiger partial charge in [0.1, 0.15) is 12.4 Å². The van der Waals surface area contributed by atoms with E-state index in [1.807, 2.05) is 5.32 Å². The first-order valence-corrected chi connectivity index (χ1v) is 5.53. The van der Waals surface area contributed by atoms with E-state index < -0.39 is 18.1 Å². The molecule has 0 saturated heterocycles. The van der Waals surface area contributed by atoms with Gasteiger partial charge in [-0.05, 0) is 30.2 Å². The fourth-order valence-corrected chi connectivity index (χ4v) is 1.92. The zero-order valence-electron chi connectivity index (χ0n) is 9.05. The monoisotopic (exact) mass is 279 g/mol. The zero-order chi connectivity index (χ0) is 13.3. The average Bonchev–Trinajstić information content (AvgIpc) is 2.27. The predicted octanol–water partition coefficient (Wildman–Crippen LogP) is 2.32. The summed E-state index contributed by atoms with van der Waals surface area (Å²) in [6.07, 6.45) is -4.62. The largest absolute Gasteiger partial charge is 0.491 e. The second kappa shape index (κ2) is 4.68. The van der Waals surface area contributed by atoms with Crippen LogP contribution in [0, 0.1) is 0 Å². The second-order valence-corrected chi connectivity index (χ2v) is 4.37. The van der Waals surface area contributed by atoms with E-state index in [2.05, 4.69) is 0 Å². The lowest BCUT2D eigenvalue weighted by Gasteiger charge is -2.26. The molecule has 0 radical (unpaired) electrons. The summed E-state index contributed by atoms with van der Waals surface area (Å²) in [5.74, 6) is -1.38. The number of hydrogen-bond acceptors (Lipinski definition) is 2. The second-order valence-electron chi connectivity index (χ2n) is 3.94. The van der Waals surface area contributed by atoms with Gasteiger partial charge in [-0.2, -0.15) is 13.2 Å². The fourth-order valence-electron chi connectivity index (χ4n) is 1.72. The maximum Gasteiger partial charge on any atom is 0.471 e. The molecule has 0 bridgehead atoms. The molecule has 1 unspecified atom stereocenters. The summed E-state index contributed by atoms with van der Waals surface area (Å²) < 4.78 is 41.5. The standard InChI is InChI=1S/C11H9ClF3NO2/c12-7-1-2-9-6(3-7)4-8(5-18-9)16-10(17)11(13,14)15/h1-3,8H,4-5H2,(H,16,17). The number of benzene rings is 1. The van der Waals surface area contributed by atoms with Gasteiger partial charge in [-0.3, -0.25) is 4.79 Å². The molecule has 18 heavy (non-hydrogen) atoms. The highest BCUT2D eigenvalue weighted by Crippen LogP contribution is 2.28. The molecular formula is C11H9ClF3NO2. The summed E-state index contributed by atoms with van der Waals surface area (Å²) in [4.78, 5) is 10.8. The van der Waals surface area contributed by atoms with Crippen LogP contribution in [0.3, 0.4) is 0 Å². The van der Waals surface area contributed by atoms with Crippen molar-refractivity contribution in [3.63, 3.8) is 0 Å². The van der Waals surface area contributed by atoms with Gasteiger partial charge in [-0.25, -0.2) is 0 Å². The minimum atomic E-state index is -4.88. The van der Waals surface area contributed by atoms with E-state index in [9.17, 15) is 18.0 Å². The number of fused-ring (bicyclic) bond motifs is 1. The van der Waals surface area contributed by atoms with Crippen LogP contribution in [0.1, 0.15) is 5.56 Å². The Labute approximate surface area is 106 Å². The maximum absolute atomic E-state index is 12.1. The molecule has 0 aromatic heterocycles. The molecule has 1 atom stereocenters. The van der Waals surface area contributed by atoms with Crippen molar-refractivity contribution in [2.24, 2.45) is 0 Å². The van der Waals surface area contributed by atoms with Crippen LogP contribution in [0.2, 0.25) is 5.02 Å². The topological polar surface area (TPSA) is 38.3 Å². The Balaban J connectivity index is 2.06. The molecule has 1 amide bonds. The highest BCUT2D eigenvalue weighted by atomic mass is 35.5. The summed E-state index contributed by atoms with van der Waals surface area (Å²) in [6, 6.07) is 4.20. The van der Waals surface area contributed by atoms with Crippen molar-refractivity contribution in [3.8, 4) is 5.75 Å². The van der Waals surface area contributed by atoms with E-state index >= 15 is 0 Å². The van der Waals surface area contributed by atoms with Crippen molar-refractivity contribution in [3.05, 3.63) is 28.8 Å².